The lowest BCUT2D eigenvalue weighted by Gasteiger charge is -2.17. The van der Waals surface area contributed by atoms with E-state index in [9.17, 15) is 29.7 Å². The highest BCUT2D eigenvalue weighted by Crippen LogP contribution is 2.33. The molecular formula is C45H80O8. The predicted molar refractivity (Wildman–Crippen MR) is 215 cm³/mol. The number of carbonyl (C=O) groups is 3. The van der Waals surface area contributed by atoms with Gasteiger partial charge >= 0.3 is 11.9 Å². The quantitative estimate of drug-likeness (QED) is 0.0328. The van der Waals surface area contributed by atoms with Crippen molar-refractivity contribution in [3.63, 3.8) is 0 Å². The molecule has 8 heteroatoms. The third kappa shape index (κ3) is 28.1. The monoisotopic (exact) mass is 749 g/mol. The molecule has 1 saturated carbocycles. The second kappa shape index (κ2) is 34.5. The molecule has 1 fully saturated rings. The van der Waals surface area contributed by atoms with Crippen molar-refractivity contribution in [1.29, 1.82) is 0 Å². The number of unbranched alkanes of at least 4 members (excludes halogenated alkanes) is 21. The maximum absolute atomic E-state index is 12.4. The Bertz CT molecular complexity index is 962. The van der Waals surface area contributed by atoms with Crippen LogP contribution in [0.25, 0.3) is 0 Å². The molecule has 0 unspecified atom stereocenters. The number of hydrogen-bond donors (Lipinski definition) is 3. The van der Waals surface area contributed by atoms with Crippen LogP contribution in [-0.4, -0.2) is 64.6 Å². The molecule has 0 bridgehead atoms. The highest BCUT2D eigenvalue weighted by molar-refractivity contribution is 5.86. The Kier molecular flexibility index (Phi) is 31.9. The lowest BCUT2D eigenvalue weighted by molar-refractivity contribution is -0.152. The van der Waals surface area contributed by atoms with Crippen LogP contribution in [0.5, 0.6) is 0 Å². The average molecular weight is 749 g/mol. The van der Waals surface area contributed by atoms with Crippen LogP contribution in [0, 0.1) is 11.8 Å². The Balaban J connectivity index is 1.98. The molecule has 1 rings (SSSR count). The minimum atomic E-state index is -1.05. The van der Waals surface area contributed by atoms with Crippen LogP contribution in [-0.2, 0) is 23.9 Å². The third-order valence-electron chi connectivity index (χ3n) is 10.6. The van der Waals surface area contributed by atoms with Gasteiger partial charge in [-0.25, -0.2) is 0 Å². The van der Waals surface area contributed by atoms with Crippen LogP contribution in [0.1, 0.15) is 200 Å². The van der Waals surface area contributed by atoms with Crippen LogP contribution < -0.4 is 0 Å². The van der Waals surface area contributed by atoms with Gasteiger partial charge in [-0.1, -0.05) is 173 Å². The summed E-state index contributed by atoms with van der Waals surface area (Å²) in [6.45, 7) is 3.99. The highest BCUT2D eigenvalue weighted by Gasteiger charge is 2.39. The van der Waals surface area contributed by atoms with E-state index >= 15 is 0 Å². The van der Waals surface area contributed by atoms with E-state index in [1.807, 2.05) is 12.2 Å². The van der Waals surface area contributed by atoms with Gasteiger partial charge < -0.3 is 24.8 Å². The zero-order chi connectivity index (χ0) is 38.8. The Labute approximate surface area is 324 Å². The molecule has 0 saturated heterocycles. The number of aliphatic hydroxyl groups excluding tert-OH is 3. The first-order valence-electron chi connectivity index (χ1n) is 22.0. The molecule has 0 aromatic rings. The fourth-order valence-electron chi connectivity index (χ4n) is 7.13. The maximum Gasteiger partial charge on any atom is 0.305 e. The van der Waals surface area contributed by atoms with Gasteiger partial charge in [-0.05, 0) is 32.1 Å². The van der Waals surface area contributed by atoms with E-state index < -0.39 is 30.2 Å². The maximum atomic E-state index is 12.4. The summed E-state index contributed by atoms with van der Waals surface area (Å²) in [4.78, 5) is 36.5. The van der Waals surface area contributed by atoms with Crippen LogP contribution >= 0.6 is 0 Å². The molecule has 1 aliphatic rings. The Morgan fingerprint density at radius 2 is 1.11 bits per heavy atom. The number of allylic oxidation sites excluding steroid dienone is 3. The molecule has 0 aromatic heterocycles. The van der Waals surface area contributed by atoms with E-state index in [1.165, 1.54) is 103 Å². The summed E-state index contributed by atoms with van der Waals surface area (Å²) in [6, 6.07) is 0. The van der Waals surface area contributed by atoms with Crippen LogP contribution in [0.3, 0.4) is 0 Å². The van der Waals surface area contributed by atoms with Gasteiger partial charge in [0.25, 0.3) is 0 Å². The first-order valence-corrected chi connectivity index (χ1v) is 22.0. The SMILES string of the molecule is CCCCCCCCCCCCCCCCCCCCCC(=O)OC[C@H](O)COC(=O)CCC/C=C\C[C@H]1[C@@H](O)CC(=O)[C@@H]1/C=C/[C@@H](O)CCCCC. The molecule has 0 aliphatic heterocycles. The van der Waals surface area contributed by atoms with Crippen molar-refractivity contribution in [2.45, 2.75) is 218 Å². The Morgan fingerprint density at radius 3 is 1.62 bits per heavy atom. The Morgan fingerprint density at radius 1 is 0.660 bits per heavy atom. The highest BCUT2D eigenvalue weighted by atomic mass is 16.6. The fourth-order valence-corrected chi connectivity index (χ4v) is 7.13. The molecule has 0 radical (unpaired) electrons. The van der Waals surface area contributed by atoms with E-state index in [-0.39, 0.29) is 43.7 Å². The van der Waals surface area contributed by atoms with E-state index in [1.54, 1.807) is 12.2 Å². The summed E-state index contributed by atoms with van der Waals surface area (Å²) in [7, 11) is 0. The topological polar surface area (TPSA) is 130 Å². The number of carbonyl (C=O) groups excluding carboxylic acids is 3. The molecule has 53 heavy (non-hydrogen) atoms. The van der Waals surface area contributed by atoms with E-state index in [0.717, 1.165) is 38.5 Å². The smallest absolute Gasteiger partial charge is 0.305 e. The number of ether oxygens (including phenoxy) is 2. The first kappa shape index (κ1) is 49.0. The number of ketones is 1. The van der Waals surface area contributed by atoms with E-state index in [2.05, 4.69) is 13.8 Å². The van der Waals surface area contributed by atoms with Crippen molar-refractivity contribution in [1.82, 2.24) is 0 Å². The molecule has 5 atom stereocenters. The summed E-state index contributed by atoms with van der Waals surface area (Å²) >= 11 is 0. The molecule has 0 aromatic carbocycles. The lowest BCUT2D eigenvalue weighted by atomic mass is 9.90. The number of esters is 2. The van der Waals surface area contributed by atoms with Crippen LogP contribution in [0.15, 0.2) is 24.3 Å². The van der Waals surface area contributed by atoms with Crippen molar-refractivity contribution >= 4 is 17.7 Å². The fraction of sp³-hybridized carbons (Fsp3) is 0.844. The zero-order valence-electron chi connectivity index (χ0n) is 34.0. The zero-order valence-corrected chi connectivity index (χ0v) is 34.0. The molecule has 308 valence electrons. The van der Waals surface area contributed by atoms with Crippen LogP contribution in [0.4, 0.5) is 0 Å². The minimum Gasteiger partial charge on any atom is -0.463 e. The van der Waals surface area contributed by atoms with Crippen molar-refractivity contribution in [2.24, 2.45) is 11.8 Å². The molecule has 0 amide bonds. The second-order valence-corrected chi connectivity index (χ2v) is 15.6. The van der Waals surface area contributed by atoms with Gasteiger partial charge in [-0.2, -0.15) is 0 Å². The van der Waals surface area contributed by atoms with E-state index in [4.69, 9.17) is 9.47 Å². The number of hydrogen-bond acceptors (Lipinski definition) is 8. The molecule has 0 spiro atoms. The van der Waals surface area contributed by atoms with Crippen molar-refractivity contribution in [2.75, 3.05) is 13.2 Å². The van der Waals surface area contributed by atoms with Gasteiger partial charge in [-0.3, -0.25) is 14.4 Å². The van der Waals surface area contributed by atoms with Gasteiger partial charge in [0.2, 0.25) is 0 Å². The summed E-state index contributed by atoms with van der Waals surface area (Å²) in [5.41, 5.74) is 0. The second-order valence-electron chi connectivity index (χ2n) is 15.6. The molecule has 1 aliphatic carbocycles. The summed E-state index contributed by atoms with van der Waals surface area (Å²) in [6.07, 6.45) is 36.0. The number of aliphatic hydroxyl groups is 3. The van der Waals surface area contributed by atoms with Crippen LogP contribution in [0.2, 0.25) is 0 Å². The minimum absolute atomic E-state index is 0.00324. The lowest BCUT2D eigenvalue weighted by Crippen LogP contribution is -2.25. The van der Waals surface area contributed by atoms with Gasteiger partial charge in [0.05, 0.1) is 12.2 Å². The number of Topliss-reactive ketones (excluding diaryl/α,β-unsaturated/α-hetero) is 1. The normalized spacial score (nSPS) is 18.7. The molecule has 3 N–H and O–H groups in total. The van der Waals surface area contributed by atoms with Gasteiger partial charge in [0.1, 0.15) is 25.1 Å². The first-order chi connectivity index (χ1) is 25.8. The van der Waals surface area contributed by atoms with Gasteiger partial charge in [0, 0.05) is 31.1 Å². The summed E-state index contributed by atoms with van der Waals surface area (Å²) in [5, 5.41) is 30.6. The van der Waals surface area contributed by atoms with E-state index in [0.29, 0.717) is 32.1 Å². The van der Waals surface area contributed by atoms with Gasteiger partial charge in [-0.15, -0.1) is 0 Å². The Hall–Kier alpha value is -2.03. The molecular weight excluding hydrogens is 668 g/mol. The standard InChI is InChI=1S/C45H80O8/c1-3-5-7-8-9-10-11-12-13-14-15-16-17-18-19-20-21-22-27-31-44(50)52-36-39(47)37-53-45(51)32-28-24-23-26-30-40-41(43(49)35-42(40)48)34-33-38(46)29-25-6-4-2/h23,26,33-34,38-42,46-48H,3-22,24-25,27-32,35-37H2,1-2H3/b26-23-,34-33+/t38-,39-,40+,41+,42-/m0/s1. The van der Waals surface area contributed by atoms with Crippen molar-refractivity contribution in [3.8, 4) is 0 Å². The van der Waals surface area contributed by atoms with Gasteiger partial charge in [0.15, 0.2) is 0 Å². The predicted octanol–water partition coefficient (Wildman–Crippen LogP) is 10.4. The summed E-state index contributed by atoms with van der Waals surface area (Å²) in [5.74, 6) is -1.35. The van der Waals surface area contributed by atoms with Crippen molar-refractivity contribution < 1.29 is 39.2 Å². The molecule has 0 heterocycles. The third-order valence-corrected chi connectivity index (χ3v) is 10.6. The molecule has 8 nitrogen and oxygen atoms in total. The van der Waals surface area contributed by atoms with Crippen molar-refractivity contribution in [3.05, 3.63) is 24.3 Å². The average Bonchev–Trinajstić information content (AvgIpc) is 3.41. The number of rotatable bonds is 36. The largest absolute Gasteiger partial charge is 0.463 e. The summed E-state index contributed by atoms with van der Waals surface area (Å²) < 4.78 is 10.3.